The van der Waals surface area contributed by atoms with Crippen molar-refractivity contribution >= 4 is 23.1 Å². The monoisotopic (exact) mass is 293 g/mol. The molecule has 0 atom stereocenters. The summed E-state index contributed by atoms with van der Waals surface area (Å²) in [5.41, 5.74) is 6.85. The highest BCUT2D eigenvalue weighted by atomic mass is 32.1. The van der Waals surface area contributed by atoms with Gasteiger partial charge in [0.15, 0.2) is 0 Å². The molecule has 1 amide bonds. The van der Waals surface area contributed by atoms with Crippen LogP contribution in [-0.2, 0) is 0 Å². The average molecular weight is 293 g/mol. The Morgan fingerprint density at radius 2 is 2.00 bits per heavy atom. The zero-order valence-electron chi connectivity index (χ0n) is 11.5. The SMILES string of the molecule is Cc1ccc(O)c(C(=O)N2CCN(CC(N)=S)CC2)c1. The summed E-state index contributed by atoms with van der Waals surface area (Å²) >= 11 is 4.89. The van der Waals surface area contributed by atoms with Crippen molar-refractivity contribution in [1.82, 2.24) is 9.80 Å². The lowest BCUT2D eigenvalue weighted by Gasteiger charge is -2.34. The number of nitrogens with two attached hydrogens (primary N) is 1. The van der Waals surface area contributed by atoms with Crippen LogP contribution in [-0.4, -0.2) is 58.5 Å². The van der Waals surface area contributed by atoms with Crippen LogP contribution in [0.4, 0.5) is 0 Å². The third-order valence-electron chi connectivity index (χ3n) is 3.42. The number of benzene rings is 1. The van der Waals surface area contributed by atoms with E-state index < -0.39 is 0 Å². The van der Waals surface area contributed by atoms with E-state index in [-0.39, 0.29) is 11.7 Å². The molecule has 0 unspecified atom stereocenters. The third kappa shape index (κ3) is 3.46. The number of hydrogen-bond donors (Lipinski definition) is 2. The van der Waals surface area contributed by atoms with Gasteiger partial charge in [-0.15, -0.1) is 0 Å². The standard InChI is InChI=1S/C14H19N3O2S/c1-10-2-3-12(18)11(8-10)14(19)17-6-4-16(5-7-17)9-13(15)20/h2-3,8,18H,4-7,9H2,1H3,(H2,15,20). The van der Waals surface area contributed by atoms with Crippen LogP contribution in [0.25, 0.3) is 0 Å². The second kappa shape index (κ2) is 6.19. The van der Waals surface area contributed by atoms with Crippen molar-refractivity contribution in [3.8, 4) is 5.75 Å². The van der Waals surface area contributed by atoms with Crippen molar-refractivity contribution in [2.45, 2.75) is 6.92 Å². The molecule has 0 aliphatic carbocycles. The first-order valence-electron chi connectivity index (χ1n) is 6.57. The molecule has 1 aliphatic heterocycles. The minimum absolute atomic E-state index is 0.0335. The zero-order valence-corrected chi connectivity index (χ0v) is 12.3. The number of rotatable bonds is 3. The van der Waals surface area contributed by atoms with Gasteiger partial charge >= 0.3 is 0 Å². The Morgan fingerprint density at radius 1 is 1.35 bits per heavy atom. The number of phenolic OH excluding ortho intramolecular Hbond substituents is 1. The van der Waals surface area contributed by atoms with Gasteiger partial charge in [0.2, 0.25) is 0 Å². The summed E-state index contributed by atoms with van der Waals surface area (Å²) in [5, 5.41) is 9.82. The molecule has 3 N–H and O–H groups in total. The molecule has 1 fully saturated rings. The second-order valence-corrected chi connectivity index (χ2v) is 5.58. The van der Waals surface area contributed by atoms with Crippen LogP contribution in [0.5, 0.6) is 5.75 Å². The topological polar surface area (TPSA) is 69.8 Å². The number of carbonyl (C=O) groups excluding carboxylic acids is 1. The van der Waals surface area contributed by atoms with Crippen molar-refractivity contribution < 1.29 is 9.90 Å². The van der Waals surface area contributed by atoms with Gasteiger partial charge in [0, 0.05) is 32.7 Å². The molecular weight excluding hydrogens is 274 g/mol. The van der Waals surface area contributed by atoms with E-state index in [1.807, 2.05) is 6.92 Å². The maximum absolute atomic E-state index is 12.4. The fraction of sp³-hybridized carbons (Fsp3) is 0.429. The first-order valence-corrected chi connectivity index (χ1v) is 6.98. The summed E-state index contributed by atoms with van der Waals surface area (Å²) in [6, 6.07) is 5.07. The lowest BCUT2D eigenvalue weighted by Crippen LogP contribution is -2.50. The van der Waals surface area contributed by atoms with Crippen LogP contribution in [0.15, 0.2) is 18.2 Å². The Balaban J connectivity index is 2.01. The maximum Gasteiger partial charge on any atom is 0.257 e. The highest BCUT2D eigenvalue weighted by molar-refractivity contribution is 7.80. The van der Waals surface area contributed by atoms with E-state index in [2.05, 4.69) is 4.90 Å². The number of piperazine rings is 1. The predicted octanol–water partition coefficient (Wildman–Crippen LogP) is 0.745. The van der Waals surface area contributed by atoms with Crippen molar-refractivity contribution in [3.05, 3.63) is 29.3 Å². The molecule has 6 heteroatoms. The van der Waals surface area contributed by atoms with E-state index in [9.17, 15) is 9.90 Å². The Labute approximate surface area is 124 Å². The summed E-state index contributed by atoms with van der Waals surface area (Å²) in [6.45, 7) is 5.22. The van der Waals surface area contributed by atoms with Gasteiger partial charge in [-0.25, -0.2) is 0 Å². The number of phenols is 1. The Morgan fingerprint density at radius 3 is 2.60 bits per heavy atom. The van der Waals surface area contributed by atoms with E-state index in [4.69, 9.17) is 18.0 Å². The van der Waals surface area contributed by atoms with Gasteiger partial charge in [-0.2, -0.15) is 0 Å². The first-order chi connectivity index (χ1) is 9.47. The van der Waals surface area contributed by atoms with E-state index in [1.165, 1.54) is 0 Å². The van der Waals surface area contributed by atoms with Crippen LogP contribution < -0.4 is 5.73 Å². The second-order valence-electron chi connectivity index (χ2n) is 5.06. The van der Waals surface area contributed by atoms with Crippen molar-refractivity contribution in [3.63, 3.8) is 0 Å². The summed E-state index contributed by atoms with van der Waals surface area (Å²) in [5.74, 6) is -0.0904. The van der Waals surface area contributed by atoms with E-state index in [1.54, 1.807) is 23.1 Å². The highest BCUT2D eigenvalue weighted by Gasteiger charge is 2.24. The Kier molecular flexibility index (Phi) is 4.57. The summed E-state index contributed by atoms with van der Waals surface area (Å²) in [4.78, 5) is 16.8. The van der Waals surface area contributed by atoms with Crippen molar-refractivity contribution in [2.75, 3.05) is 32.7 Å². The molecule has 1 aromatic rings. The largest absolute Gasteiger partial charge is 0.507 e. The van der Waals surface area contributed by atoms with Gasteiger partial charge in [-0.1, -0.05) is 23.8 Å². The van der Waals surface area contributed by atoms with Crippen LogP contribution in [0.1, 0.15) is 15.9 Å². The Bertz CT molecular complexity index is 525. The minimum Gasteiger partial charge on any atom is -0.507 e. The molecule has 1 saturated heterocycles. The van der Waals surface area contributed by atoms with Gasteiger partial charge < -0.3 is 15.7 Å². The Hall–Kier alpha value is -1.66. The molecule has 1 aromatic carbocycles. The van der Waals surface area contributed by atoms with Crippen molar-refractivity contribution in [2.24, 2.45) is 5.73 Å². The van der Waals surface area contributed by atoms with Crippen molar-refractivity contribution in [1.29, 1.82) is 0 Å². The number of hydrogen-bond acceptors (Lipinski definition) is 4. The minimum atomic E-state index is -0.124. The average Bonchev–Trinajstić information content (AvgIpc) is 2.41. The van der Waals surface area contributed by atoms with E-state index in [0.29, 0.717) is 30.2 Å². The quantitative estimate of drug-likeness (QED) is 0.805. The number of amides is 1. The fourth-order valence-electron chi connectivity index (χ4n) is 2.32. The number of aryl methyl sites for hydroxylation is 1. The summed E-state index contributed by atoms with van der Waals surface area (Å²) < 4.78 is 0. The number of carbonyl (C=O) groups is 1. The number of aromatic hydroxyl groups is 1. The smallest absolute Gasteiger partial charge is 0.257 e. The van der Waals surface area contributed by atoms with Gasteiger partial charge in [-0.05, 0) is 19.1 Å². The van der Waals surface area contributed by atoms with Gasteiger partial charge in [0.25, 0.3) is 5.91 Å². The lowest BCUT2D eigenvalue weighted by atomic mass is 10.1. The van der Waals surface area contributed by atoms with E-state index >= 15 is 0 Å². The van der Waals surface area contributed by atoms with Gasteiger partial charge in [0.1, 0.15) is 5.75 Å². The molecule has 20 heavy (non-hydrogen) atoms. The summed E-state index contributed by atoms with van der Waals surface area (Å²) in [7, 11) is 0. The lowest BCUT2D eigenvalue weighted by molar-refractivity contribution is 0.0651. The third-order valence-corrected chi connectivity index (χ3v) is 3.55. The van der Waals surface area contributed by atoms with E-state index in [0.717, 1.165) is 18.7 Å². The molecule has 1 heterocycles. The zero-order chi connectivity index (χ0) is 14.7. The number of nitrogens with zero attached hydrogens (tertiary/aromatic N) is 2. The fourth-order valence-corrected chi connectivity index (χ4v) is 2.50. The van der Waals surface area contributed by atoms with Crippen LogP contribution >= 0.6 is 12.2 Å². The van der Waals surface area contributed by atoms with Crippen LogP contribution in [0.2, 0.25) is 0 Å². The summed E-state index contributed by atoms with van der Waals surface area (Å²) in [6.07, 6.45) is 0. The molecule has 5 nitrogen and oxygen atoms in total. The number of thiocarbonyl (C=S) groups is 1. The molecule has 2 rings (SSSR count). The molecule has 1 aliphatic rings. The molecule has 108 valence electrons. The highest BCUT2D eigenvalue weighted by Crippen LogP contribution is 2.20. The predicted molar refractivity (Wildman–Crippen MR) is 82.0 cm³/mol. The molecule has 0 bridgehead atoms. The molecule has 0 saturated carbocycles. The first kappa shape index (κ1) is 14.7. The maximum atomic E-state index is 12.4. The molecule has 0 aromatic heterocycles. The molecule has 0 spiro atoms. The van der Waals surface area contributed by atoms with Gasteiger partial charge in [-0.3, -0.25) is 9.69 Å². The normalized spacial score (nSPS) is 16.1. The van der Waals surface area contributed by atoms with Crippen LogP contribution in [0, 0.1) is 6.92 Å². The molecule has 0 radical (unpaired) electrons. The molecular formula is C14H19N3O2S. The van der Waals surface area contributed by atoms with Gasteiger partial charge in [0.05, 0.1) is 10.6 Å². The van der Waals surface area contributed by atoms with Crippen LogP contribution in [0.3, 0.4) is 0 Å².